The van der Waals surface area contributed by atoms with Crippen molar-refractivity contribution in [2.75, 3.05) is 0 Å². The lowest BCUT2D eigenvalue weighted by atomic mass is 9.84. The molecule has 0 aliphatic rings. The van der Waals surface area contributed by atoms with Crippen LogP contribution < -0.4 is 0 Å². The summed E-state index contributed by atoms with van der Waals surface area (Å²) < 4.78 is 99.3. The standard InChI is InChI=1S/2C48H30O/c1-3-14-31(15-4-1)33-28-29-43-45(30-33)49-44-27-13-26-38(48(43)44)36-24-11-23-35-34(36)22-12-25-37(35)47-41-20-9-7-18-39(41)46(32-16-5-2-6-17-32)40-19-8-10-21-42(40)47;1-3-15-31(16-4-1)33-29-30-42(47-43-23-11-12-28-44(43)49-48(33)47)36-26-13-25-35-34(36)24-14-27-37(35)46-40-21-9-7-19-38(40)45(32-17-5-2-6-18-32)39-20-8-10-22-41(39)46/h2*1-30H/i2D,5D,6D,16D,17D;2D,5D,6D,17D,18D. The van der Waals surface area contributed by atoms with Gasteiger partial charge in [-0.05, 0) is 178 Å². The molecule has 0 N–H and O–H groups in total. The van der Waals surface area contributed by atoms with Gasteiger partial charge < -0.3 is 8.83 Å². The second kappa shape index (κ2) is 23.5. The van der Waals surface area contributed by atoms with Gasteiger partial charge in [0.05, 0.1) is 13.7 Å². The number of para-hydroxylation sites is 1. The summed E-state index contributed by atoms with van der Waals surface area (Å²) in [7, 11) is 0. The van der Waals surface area contributed by atoms with Gasteiger partial charge in [-0.2, -0.15) is 0 Å². The van der Waals surface area contributed by atoms with Gasteiger partial charge in [0.25, 0.3) is 0 Å². The van der Waals surface area contributed by atoms with Gasteiger partial charge in [-0.25, -0.2) is 0 Å². The van der Waals surface area contributed by atoms with Crippen LogP contribution in [-0.2, 0) is 0 Å². The Hall–Kier alpha value is -12.9. The topological polar surface area (TPSA) is 26.3 Å². The first-order valence-corrected chi connectivity index (χ1v) is 32.9. The van der Waals surface area contributed by atoms with Crippen molar-refractivity contribution in [2.24, 2.45) is 0 Å². The molecule has 0 saturated heterocycles. The highest BCUT2D eigenvalue weighted by Gasteiger charge is 2.24. The Morgan fingerprint density at radius 3 is 1.04 bits per heavy atom. The SMILES string of the molecule is [2H]c1c([2H])c([2H])c(-c2c3ccccc3c(-c3cccc4c(-c5ccc(-c6ccccc6)c6oc7ccccc7c56)cccc34)c3ccccc23)c([2H])c1[2H].[2H]c1c([2H])c([2H])c(-c2c3ccccc3c(-c3cccc4c(-c5cccc6oc7cc(-c8ccccc8)ccc7c56)cccc34)c3ccccc23)c([2H])c1[2H]. The zero-order chi connectivity index (χ0) is 73.3. The monoisotopic (exact) mass is 1250 g/mol. The van der Waals surface area contributed by atoms with Crippen molar-refractivity contribution < 1.29 is 22.5 Å². The Morgan fingerprint density at radius 2 is 0.541 bits per heavy atom. The van der Waals surface area contributed by atoms with Gasteiger partial charge in [0, 0.05) is 27.1 Å². The maximum Gasteiger partial charge on any atom is 0.143 e. The van der Waals surface area contributed by atoms with Crippen LogP contribution in [0.1, 0.15) is 13.7 Å². The summed E-state index contributed by atoms with van der Waals surface area (Å²) in [6.07, 6.45) is 0. The molecule has 0 radical (unpaired) electrons. The minimum Gasteiger partial charge on any atom is -0.456 e. The quantitative estimate of drug-likeness (QED) is 0.142. The third-order valence-electron chi connectivity index (χ3n) is 19.5. The average Bonchev–Trinajstić information content (AvgIpc) is 0.837. The minimum atomic E-state index is -0.402. The molecule has 20 rings (SSSR count). The molecule has 0 bridgehead atoms. The van der Waals surface area contributed by atoms with E-state index in [1.807, 2.05) is 127 Å². The second-order valence-electron chi connectivity index (χ2n) is 24.8. The van der Waals surface area contributed by atoms with Gasteiger partial charge >= 0.3 is 0 Å². The van der Waals surface area contributed by atoms with E-state index in [9.17, 15) is 0 Å². The first-order valence-electron chi connectivity index (χ1n) is 37.9. The van der Waals surface area contributed by atoms with Gasteiger partial charge in [-0.15, -0.1) is 0 Å². The van der Waals surface area contributed by atoms with Crippen LogP contribution in [0.3, 0.4) is 0 Å². The Morgan fingerprint density at radius 1 is 0.184 bits per heavy atom. The predicted molar refractivity (Wildman–Crippen MR) is 416 cm³/mol. The zero-order valence-electron chi connectivity index (χ0n) is 62.7. The van der Waals surface area contributed by atoms with E-state index in [0.29, 0.717) is 11.1 Å². The van der Waals surface area contributed by atoms with E-state index in [1.165, 1.54) is 0 Å². The summed E-state index contributed by atoms with van der Waals surface area (Å²) in [5, 5.41) is 15.7. The number of fused-ring (bicyclic) bond motifs is 12. The first kappa shape index (κ1) is 47.1. The number of hydrogen-bond acceptors (Lipinski definition) is 2. The Kier molecular flexibility index (Phi) is 11.3. The third-order valence-corrected chi connectivity index (χ3v) is 19.5. The van der Waals surface area contributed by atoms with Crippen LogP contribution in [0.2, 0.25) is 0 Å². The summed E-state index contributed by atoms with van der Waals surface area (Å²) in [6, 6.07) is 101. The first-order chi connectivity index (χ1) is 52.8. The molecule has 98 heavy (non-hydrogen) atoms. The van der Waals surface area contributed by atoms with Crippen LogP contribution in [0.5, 0.6) is 0 Å². The minimum absolute atomic E-state index is 0.204. The molecule has 0 aliphatic heterocycles. The van der Waals surface area contributed by atoms with Crippen molar-refractivity contribution in [1.29, 1.82) is 0 Å². The highest BCUT2D eigenvalue weighted by molar-refractivity contribution is 6.27. The van der Waals surface area contributed by atoms with Crippen molar-refractivity contribution in [3.63, 3.8) is 0 Å². The van der Waals surface area contributed by atoms with Crippen molar-refractivity contribution in [2.45, 2.75) is 0 Å². The fourth-order valence-electron chi connectivity index (χ4n) is 15.4. The normalized spacial score (nSPS) is 13.1. The zero-order valence-corrected chi connectivity index (χ0v) is 52.7. The van der Waals surface area contributed by atoms with E-state index in [0.717, 1.165) is 175 Å². The molecule has 0 spiro atoms. The molecule has 2 aromatic heterocycles. The van der Waals surface area contributed by atoms with Gasteiger partial charge in [0.1, 0.15) is 22.3 Å². The average molecular weight is 1260 g/mol. The van der Waals surface area contributed by atoms with Crippen molar-refractivity contribution in [3.05, 3.63) is 364 Å². The maximum absolute atomic E-state index is 8.93. The second-order valence-corrected chi connectivity index (χ2v) is 24.8. The van der Waals surface area contributed by atoms with Gasteiger partial charge in [0.15, 0.2) is 0 Å². The van der Waals surface area contributed by atoms with Gasteiger partial charge in [-0.3, -0.25) is 0 Å². The van der Waals surface area contributed by atoms with E-state index < -0.39 is 12.1 Å². The van der Waals surface area contributed by atoms with Crippen LogP contribution in [-0.4, -0.2) is 0 Å². The van der Waals surface area contributed by atoms with E-state index in [1.54, 1.807) is 0 Å². The molecule has 0 amide bonds. The molecule has 0 aliphatic carbocycles. The van der Waals surface area contributed by atoms with Crippen LogP contribution in [0.25, 0.3) is 198 Å². The maximum atomic E-state index is 8.93. The number of benzene rings is 18. The summed E-state index contributed by atoms with van der Waals surface area (Å²) in [5.41, 5.74) is 18.0. The Labute approximate surface area is 580 Å². The van der Waals surface area contributed by atoms with E-state index in [2.05, 4.69) is 176 Å². The fraction of sp³-hybridized carbons (Fsp3) is 0. The molecule has 0 saturated carbocycles. The molecule has 0 unspecified atom stereocenters. The lowest BCUT2D eigenvalue weighted by Gasteiger charge is -2.19. The smallest absolute Gasteiger partial charge is 0.143 e. The molecule has 0 atom stereocenters. The summed E-state index contributed by atoms with van der Waals surface area (Å²) >= 11 is 0. The van der Waals surface area contributed by atoms with E-state index in [4.69, 9.17) is 22.5 Å². The molecule has 18 aromatic carbocycles. The Bertz CT molecular complexity index is 7010. The van der Waals surface area contributed by atoms with Crippen molar-refractivity contribution in [3.8, 4) is 89.0 Å². The number of rotatable bonds is 8. The summed E-state index contributed by atoms with van der Waals surface area (Å²) in [4.78, 5) is 0. The predicted octanol–water partition coefficient (Wildman–Crippen LogP) is 27.4. The van der Waals surface area contributed by atoms with Crippen molar-refractivity contribution in [1.82, 2.24) is 0 Å². The van der Waals surface area contributed by atoms with Crippen LogP contribution >= 0.6 is 0 Å². The van der Waals surface area contributed by atoms with Gasteiger partial charge in [0.2, 0.25) is 0 Å². The lowest BCUT2D eigenvalue weighted by molar-refractivity contribution is 0.669. The summed E-state index contributed by atoms with van der Waals surface area (Å²) in [6.45, 7) is 0. The number of furan rings is 2. The van der Waals surface area contributed by atoms with E-state index >= 15 is 0 Å². The van der Waals surface area contributed by atoms with Gasteiger partial charge in [-0.1, -0.05) is 333 Å². The van der Waals surface area contributed by atoms with Crippen LogP contribution in [0, 0.1) is 0 Å². The van der Waals surface area contributed by atoms with Crippen LogP contribution in [0.15, 0.2) is 373 Å². The molecule has 2 heteroatoms. The molecule has 456 valence electrons. The molecular formula is C96H60O2. The highest BCUT2D eigenvalue weighted by Crippen LogP contribution is 2.51. The molecule has 0 fully saturated rings. The third kappa shape index (κ3) is 9.25. The van der Waals surface area contributed by atoms with Crippen LogP contribution in [0.4, 0.5) is 0 Å². The summed E-state index contributed by atoms with van der Waals surface area (Å²) in [5.74, 6) is 0. The lowest BCUT2D eigenvalue weighted by Crippen LogP contribution is -1.92. The van der Waals surface area contributed by atoms with E-state index in [-0.39, 0.29) is 59.5 Å². The fourth-order valence-corrected chi connectivity index (χ4v) is 15.4. The highest BCUT2D eigenvalue weighted by atomic mass is 16.3. The number of hydrogen-bond donors (Lipinski definition) is 0. The molecule has 20 aromatic rings. The molecule has 2 nitrogen and oxygen atoms in total. The van der Waals surface area contributed by atoms with Crippen molar-refractivity contribution >= 4 is 109 Å². The molecule has 2 heterocycles. The molecular weight excluding hydrogens is 1190 g/mol. The Balaban J connectivity index is 0.000000147. The largest absolute Gasteiger partial charge is 0.456 e.